The number of amidine groups is 1. The molecule has 0 saturated carbocycles. The summed E-state index contributed by atoms with van der Waals surface area (Å²) in [6.07, 6.45) is 1.23. The number of aliphatic hydroxyl groups excluding tert-OH is 1. The minimum absolute atomic E-state index is 0.0201. The zero-order chi connectivity index (χ0) is 31.4. The second-order valence-electron chi connectivity index (χ2n) is 11.7. The lowest BCUT2D eigenvalue weighted by Crippen LogP contribution is -2.42. The van der Waals surface area contributed by atoms with E-state index >= 15 is 0 Å². The van der Waals surface area contributed by atoms with Gasteiger partial charge in [-0.25, -0.2) is 8.42 Å². The molecule has 0 spiro atoms. The van der Waals surface area contributed by atoms with Crippen molar-refractivity contribution in [3.8, 4) is 0 Å². The number of nitrogens with one attached hydrogen (secondary N) is 2. The average Bonchev–Trinajstić information content (AvgIpc) is 2.99. The van der Waals surface area contributed by atoms with E-state index in [0.29, 0.717) is 28.9 Å². The summed E-state index contributed by atoms with van der Waals surface area (Å²) in [4.78, 5) is 13.9. The quantitative estimate of drug-likeness (QED) is 0.215. The number of ketones is 1. The fourth-order valence-electron chi connectivity index (χ4n) is 5.83. The van der Waals surface area contributed by atoms with Crippen LogP contribution in [0.4, 0.5) is 11.4 Å². The highest BCUT2D eigenvalue weighted by atomic mass is 32.2. The van der Waals surface area contributed by atoms with Gasteiger partial charge in [-0.3, -0.25) is 9.52 Å². The first kappa shape index (κ1) is 29.6. The van der Waals surface area contributed by atoms with Crippen molar-refractivity contribution in [2.24, 2.45) is 10.3 Å². The van der Waals surface area contributed by atoms with Crippen LogP contribution in [0.1, 0.15) is 44.7 Å². The lowest BCUT2D eigenvalue weighted by Gasteiger charge is -2.36. The standard InChI is InChI=1S/C33H31N3O6S2/c1-20(2)17-18-33(3)25-13-7-6-12-24(25)30(37)29(31(33)38)32-34-26-16-15-22(19-28(26)44(41,42)36-32)35-43(39,40)27-14-8-10-21-9-4-5-11-23(21)27/h4-16,19-20,35,37H,17-18H2,1-3H3,(H,34,36)/t33-/m1/s1. The average molecular weight is 630 g/mol. The molecule has 0 aromatic heterocycles. The number of benzene rings is 4. The van der Waals surface area contributed by atoms with Crippen molar-refractivity contribution >= 4 is 59.6 Å². The number of hydrogen-bond donors (Lipinski definition) is 3. The summed E-state index contributed by atoms with van der Waals surface area (Å²) in [5.74, 6) is -0.746. The second-order valence-corrected chi connectivity index (χ2v) is 14.9. The fraction of sp³-hybridized carbons (Fsp3) is 0.212. The van der Waals surface area contributed by atoms with E-state index in [1.807, 2.05) is 19.1 Å². The Hall–Kier alpha value is -4.48. The van der Waals surface area contributed by atoms with E-state index < -0.39 is 31.2 Å². The van der Waals surface area contributed by atoms with Crippen molar-refractivity contribution in [1.29, 1.82) is 0 Å². The molecular weight excluding hydrogens is 599 g/mol. The Bertz CT molecular complexity index is 2130. The highest BCUT2D eigenvalue weighted by Gasteiger charge is 2.46. The number of carbonyl (C=O) groups is 1. The molecule has 0 unspecified atom stereocenters. The van der Waals surface area contributed by atoms with Gasteiger partial charge in [-0.15, -0.1) is 4.40 Å². The third kappa shape index (κ3) is 4.95. The number of nitrogens with zero attached hydrogens (tertiary/aromatic N) is 1. The number of Topliss-reactive ketones (excluding diaryl/α,β-unsaturated/α-hetero) is 1. The molecule has 11 heteroatoms. The SMILES string of the molecule is CC(C)CC[C@@]1(C)C(=O)C(C2=NS(=O)(=O)c3cc(NS(=O)(=O)c4cccc5ccccc45)ccc3N2)=C(O)c2ccccc21. The van der Waals surface area contributed by atoms with Gasteiger partial charge in [0.25, 0.3) is 20.0 Å². The Labute approximate surface area is 256 Å². The number of anilines is 2. The summed E-state index contributed by atoms with van der Waals surface area (Å²) in [5, 5.41) is 15.5. The van der Waals surface area contributed by atoms with Gasteiger partial charge in [0.15, 0.2) is 11.6 Å². The first-order valence-electron chi connectivity index (χ1n) is 14.2. The minimum atomic E-state index is -4.41. The van der Waals surface area contributed by atoms with Crippen LogP contribution in [0.15, 0.2) is 105 Å². The van der Waals surface area contributed by atoms with Crippen LogP contribution in [0, 0.1) is 5.92 Å². The van der Waals surface area contributed by atoms with Gasteiger partial charge in [-0.1, -0.05) is 74.5 Å². The minimum Gasteiger partial charge on any atom is -0.506 e. The van der Waals surface area contributed by atoms with E-state index in [1.165, 1.54) is 24.3 Å². The maximum absolute atomic E-state index is 14.1. The van der Waals surface area contributed by atoms with Crippen molar-refractivity contribution in [3.63, 3.8) is 0 Å². The smallest absolute Gasteiger partial charge is 0.286 e. The fourth-order valence-corrected chi connectivity index (χ4v) is 8.26. The van der Waals surface area contributed by atoms with Gasteiger partial charge < -0.3 is 10.4 Å². The van der Waals surface area contributed by atoms with Crippen molar-refractivity contribution in [2.75, 3.05) is 10.0 Å². The van der Waals surface area contributed by atoms with E-state index in [-0.39, 0.29) is 38.3 Å². The molecule has 0 fully saturated rings. The van der Waals surface area contributed by atoms with E-state index in [0.717, 1.165) is 11.8 Å². The Morgan fingerprint density at radius 1 is 0.977 bits per heavy atom. The van der Waals surface area contributed by atoms with Gasteiger partial charge in [-0.2, -0.15) is 8.42 Å². The Kier molecular flexibility index (Phi) is 7.13. The summed E-state index contributed by atoms with van der Waals surface area (Å²) >= 11 is 0. The molecule has 226 valence electrons. The van der Waals surface area contributed by atoms with E-state index in [2.05, 4.69) is 28.3 Å². The van der Waals surface area contributed by atoms with Gasteiger partial charge >= 0.3 is 0 Å². The molecule has 4 aromatic rings. The van der Waals surface area contributed by atoms with Crippen molar-refractivity contribution in [3.05, 3.63) is 102 Å². The molecule has 0 amide bonds. The Morgan fingerprint density at radius 3 is 2.45 bits per heavy atom. The van der Waals surface area contributed by atoms with Crippen LogP contribution in [0.3, 0.4) is 0 Å². The number of aliphatic hydroxyl groups is 1. The van der Waals surface area contributed by atoms with Gasteiger partial charge in [0.1, 0.15) is 16.2 Å². The predicted octanol–water partition coefficient (Wildman–Crippen LogP) is 6.40. The number of hydrogen-bond acceptors (Lipinski definition) is 7. The molecular formula is C33H31N3O6S2. The third-order valence-corrected chi connectivity index (χ3v) is 11.0. The molecule has 1 aliphatic carbocycles. The Morgan fingerprint density at radius 2 is 1.68 bits per heavy atom. The Balaban J connectivity index is 1.38. The topological polar surface area (TPSA) is 142 Å². The number of carbonyl (C=O) groups excluding carboxylic acids is 1. The third-order valence-electron chi connectivity index (χ3n) is 8.22. The first-order chi connectivity index (χ1) is 20.8. The molecule has 9 nitrogen and oxygen atoms in total. The first-order valence-corrected chi connectivity index (χ1v) is 17.1. The maximum Gasteiger partial charge on any atom is 0.286 e. The van der Waals surface area contributed by atoms with Gasteiger partial charge in [0.2, 0.25) is 0 Å². The molecule has 0 radical (unpaired) electrons. The summed E-state index contributed by atoms with van der Waals surface area (Å²) < 4.78 is 60.1. The van der Waals surface area contributed by atoms with Crippen LogP contribution in [-0.4, -0.2) is 33.6 Å². The molecule has 3 N–H and O–H groups in total. The number of rotatable bonds is 7. The normalized spacial score (nSPS) is 19.3. The van der Waals surface area contributed by atoms with Crippen LogP contribution in [0.25, 0.3) is 16.5 Å². The summed E-state index contributed by atoms with van der Waals surface area (Å²) in [6, 6.07) is 23.0. The van der Waals surface area contributed by atoms with Gasteiger partial charge in [0.05, 0.1) is 21.7 Å². The van der Waals surface area contributed by atoms with Gasteiger partial charge in [0, 0.05) is 10.9 Å². The van der Waals surface area contributed by atoms with Crippen molar-refractivity contribution < 1.29 is 26.7 Å². The van der Waals surface area contributed by atoms with E-state index in [9.17, 15) is 26.7 Å². The molecule has 6 rings (SSSR count). The number of fused-ring (bicyclic) bond motifs is 3. The molecule has 44 heavy (non-hydrogen) atoms. The highest BCUT2D eigenvalue weighted by Crippen LogP contribution is 2.44. The largest absolute Gasteiger partial charge is 0.506 e. The molecule has 0 saturated heterocycles. The molecule has 0 bridgehead atoms. The zero-order valence-electron chi connectivity index (χ0n) is 24.3. The molecule has 1 aliphatic heterocycles. The molecule has 4 aromatic carbocycles. The molecule has 1 heterocycles. The van der Waals surface area contributed by atoms with E-state index in [4.69, 9.17) is 0 Å². The van der Waals surface area contributed by atoms with Crippen molar-refractivity contribution in [2.45, 2.75) is 48.8 Å². The van der Waals surface area contributed by atoms with Crippen LogP contribution in [-0.2, 0) is 30.3 Å². The lowest BCUT2D eigenvalue weighted by atomic mass is 9.66. The zero-order valence-corrected chi connectivity index (χ0v) is 26.0. The van der Waals surface area contributed by atoms with Crippen LogP contribution < -0.4 is 10.0 Å². The van der Waals surface area contributed by atoms with E-state index in [1.54, 1.807) is 48.5 Å². The number of sulfonamides is 2. The summed E-state index contributed by atoms with van der Waals surface area (Å²) in [7, 11) is -8.50. The predicted molar refractivity (Wildman–Crippen MR) is 172 cm³/mol. The lowest BCUT2D eigenvalue weighted by molar-refractivity contribution is -0.120. The molecule has 1 atom stereocenters. The molecule has 2 aliphatic rings. The highest BCUT2D eigenvalue weighted by molar-refractivity contribution is 7.93. The van der Waals surface area contributed by atoms with Crippen molar-refractivity contribution in [1.82, 2.24) is 0 Å². The monoisotopic (exact) mass is 629 g/mol. The van der Waals surface area contributed by atoms with Gasteiger partial charge in [-0.05, 0) is 60.9 Å². The summed E-state index contributed by atoms with van der Waals surface area (Å²) in [6.45, 7) is 5.93. The second kappa shape index (κ2) is 10.6. The van der Waals surface area contributed by atoms with Crippen LogP contribution >= 0.6 is 0 Å². The maximum atomic E-state index is 14.1. The van der Waals surface area contributed by atoms with Crippen LogP contribution in [0.5, 0.6) is 0 Å². The summed E-state index contributed by atoms with van der Waals surface area (Å²) in [5.41, 5.74) is 0.0185. The van der Waals surface area contributed by atoms with Crippen LogP contribution in [0.2, 0.25) is 0 Å².